The second-order valence-corrected chi connectivity index (χ2v) is 7.63. The third-order valence-corrected chi connectivity index (χ3v) is 5.86. The van der Waals surface area contributed by atoms with Crippen LogP contribution in [0.1, 0.15) is 43.0 Å². The number of carbonyl (C=O) groups is 2. The highest BCUT2D eigenvalue weighted by molar-refractivity contribution is 6.05. The summed E-state index contributed by atoms with van der Waals surface area (Å²) in [6.45, 7) is 1.99. The van der Waals surface area contributed by atoms with E-state index in [2.05, 4.69) is 16.3 Å². The molecule has 4 rings (SSSR count). The summed E-state index contributed by atoms with van der Waals surface area (Å²) in [7, 11) is 1.83. The minimum atomic E-state index is -0.936. The van der Waals surface area contributed by atoms with E-state index in [9.17, 15) is 9.59 Å². The van der Waals surface area contributed by atoms with Gasteiger partial charge in [0.15, 0.2) is 0 Å². The van der Waals surface area contributed by atoms with Gasteiger partial charge in [0.2, 0.25) is 5.91 Å². The van der Waals surface area contributed by atoms with E-state index in [0.717, 1.165) is 35.6 Å². The summed E-state index contributed by atoms with van der Waals surface area (Å²) in [5.41, 5.74) is 4.01. The van der Waals surface area contributed by atoms with Gasteiger partial charge in [-0.05, 0) is 62.2 Å². The average molecular weight is 379 g/mol. The van der Waals surface area contributed by atoms with Crippen LogP contribution in [0.3, 0.4) is 0 Å². The zero-order chi connectivity index (χ0) is 19.8. The number of benzene rings is 2. The molecular weight excluding hydrogens is 354 g/mol. The molecule has 2 aromatic rings. The average Bonchev–Trinajstić information content (AvgIpc) is 3.21. The lowest BCUT2D eigenvalue weighted by atomic mass is 10.0. The Labute approximate surface area is 164 Å². The highest BCUT2D eigenvalue weighted by atomic mass is 16.4. The second kappa shape index (κ2) is 7.19. The number of nitrogens with zero attached hydrogens (tertiary/aromatic N) is 2. The Morgan fingerprint density at radius 1 is 1.04 bits per heavy atom. The predicted octanol–water partition coefficient (Wildman–Crippen LogP) is 4.24. The molecule has 28 heavy (non-hydrogen) atoms. The number of likely N-dealkylation sites (N-methyl/N-ethyl adjacent to an activating group) is 1. The van der Waals surface area contributed by atoms with Crippen molar-refractivity contribution in [3.05, 3.63) is 48.0 Å². The number of rotatable bonds is 4. The summed E-state index contributed by atoms with van der Waals surface area (Å²) in [6.07, 6.45) is 4.66. The third-order valence-electron chi connectivity index (χ3n) is 5.86. The molecule has 2 aromatic carbocycles. The monoisotopic (exact) mass is 379 g/mol. The maximum Gasteiger partial charge on any atom is 0.335 e. The number of carbonyl (C=O) groups excluding carboxylic acids is 1. The first-order valence-corrected chi connectivity index (χ1v) is 9.76. The molecule has 0 saturated heterocycles. The van der Waals surface area contributed by atoms with Gasteiger partial charge in [-0.25, -0.2) is 4.79 Å². The first kappa shape index (κ1) is 18.3. The van der Waals surface area contributed by atoms with E-state index >= 15 is 0 Å². The van der Waals surface area contributed by atoms with Crippen molar-refractivity contribution in [1.29, 1.82) is 0 Å². The van der Waals surface area contributed by atoms with Crippen molar-refractivity contribution in [3.63, 3.8) is 0 Å². The molecule has 0 spiro atoms. The van der Waals surface area contributed by atoms with Crippen molar-refractivity contribution in [2.75, 3.05) is 22.2 Å². The number of hydrogen-bond acceptors (Lipinski definition) is 4. The quantitative estimate of drug-likeness (QED) is 0.831. The Bertz CT molecular complexity index is 904. The summed E-state index contributed by atoms with van der Waals surface area (Å²) in [5, 5.41) is 12.4. The van der Waals surface area contributed by atoms with Crippen LogP contribution in [0, 0.1) is 0 Å². The van der Waals surface area contributed by atoms with Crippen molar-refractivity contribution in [3.8, 4) is 0 Å². The Hall–Kier alpha value is -3.02. The number of amides is 1. The Morgan fingerprint density at radius 2 is 1.68 bits per heavy atom. The molecule has 6 heteroatoms. The molecule has 146 valence electrons. The first-order valence-electron chi connectivity index (χ1n) is 9.76. The van der Waals surface area contributed by atoms with E-state index in [1.165, 1.54) is 12.8 Å². The van der Waals surface area contributed by atoms with Gasteiger partial charge in [-0.3, -0.25) is 4.79 Å². The van der Waals surface area contributed by atoms with Gasteiger partial charge in [0.05, 0.1) is 16.9 Å². The van der Waals surface area contributed by atoms with Crippen LogP contribution >= 0.6 is 0 Å². The maximum atomic E-state index is 12.7. The SMILES string of the molecule is C[C@@H]1C(=O)N(C)c2ccc(Nc3ccc(C(=O)O)cc3)cc2N1C1CCCC1. The van der Waals surface area contributed by atoms with Crippen molar-refractivity contribution in [2.24, 2.45) is 0 Å². The van der Waals surface area contributed by atoms with Crippen molar-refractivity contribution < 1.29 is 14.7 Å². The van der Waals surface area contributed by atoms with E-state index < -0.39 is 5.97 Å². The molecule has 0 aromatic heterocycles. The van der Waals surface area contributed by atoms with Crippen LogP contribution < -0.4 is 15.1 Å². The molecule has 1 fully saturated rings. The van der Waals surface area contributed by atoms with Crippen LogP contribution in [0.4, 0.5) is 22.7 Å². The summed E-state index contributed by atoms with van der Waals surface area (Å²) < 4.78 is 0. The van der Waals surface area contributed by atoms with Gasteiger partial charge < -0.3 is 20.2 Å². The van der Waals surface area contributed by atoms with Gasteiger partial charge >= 0.3 is 5.97 Å². The molecule has 0 bridgehead atoms. The van der Waals surface area contributed by atoms with Crippen LogP contribution in [-0.2, 0) is 4.79 Å². The number of aromatic carboxylic acids is 1. The van der Waals surface area contributed by atoms with Crippen molar-refractivity contribution >= 4 is 34.6 Å². The zero-order valence-electron chi connectivity index (χ0n) is 16.2. The number of anilines is 4. The van der Waals surface area contributed by atoms with E-state index in [-0.39, 0.29) is 17.5 Å². The normalized spacial score (nSPS) is 19.6. The fraction of sp³-hybridized carbons (Fsp3) is 0.364. The zero-order valence-corrected chi connectivity index (χ0v) is 16.2. The minimum absolute atomic E-state index is 0.129. The van der Waals surface area contributed by atoms with Gasteiger partial charge in [-0.1, -0.05) is 12.8 Å². The maximum absolute atomic E-state index is 12.7. The number of hydrogen-bond donors (Lipinski definition) is 2. The number of carboxylic acid groups (broad SMARTS) is 1. The van der Waals surface area contributed by atoms with Crippen LogP contribution in [0.25, 0.3) is 0 Å². The summed E-state index contributed by atoms with van der Waals surface area (Å²) in [6, 6.07) is 12.9. The molecule has 1 aliphatic carbocycles. The topological polar surface area (TPSA) is 72.9 Å². The summed E-state index contributed by atoms with van der Waals surface area (Å²) in [4.78, 5) is 27.8. The Balaban J connectivity index is 1.67. The van der Waals surface area contributed by atoms with Gasteiger partial charge in [-0.15, -0.1) is 0 Å². The molecule has 2 N–H and O–H groups in total. The predicted molar refractivity (Wildman–Crippen MR) is 111 cm³/mol. The first-order chi connectivity index (χ1) is 13.5. The van der Waals surface area contributed by atoms with Crippen LogP contribution in [0.15, 0.2) is 42.5 Å². The number of nitrogens with one attached hydrogen (secondary N) is 1. The smallest absolute Gasteiger partial charge is 0.335 e. The lowest BCUT2D eigenvalue weighted by Gasteiger charge is -2.43. The number of carboxylic acids is 1. The van der Waals surface area contributed by atoms with Crippen molar-refractivity contribution in [1.82, 2.24) is 0 Å². The van der Waals surface area contributed by atoms with Gasteiger partial charge in [0, 0.05) is 24.5 Å². The molecule has 1 heterocycles. The molecule has 1 atom stereocenters. The lowest BCUT2D eigenvalue weighted by molar-refractivity contribution is -0.119. The molecule has 0 radical (unpaired) electrons. The summed E-state index contributed by atoms with van der Waals surface area (Å²) >= 11 is 0. The Morgan fingerprint density at radius 3 is 2.32 bits per heavy atom. The second-order valence-electron chi connectivity index (χ2n) is 7.63. The minimum Gasteiger partial charge on any atom is -0.478 e. The van der Waals surface area contributed by atoms with E-state index in [1.54, 1.807) is 29.2 Å². The highest BCUT2D eigenvalue weighted by Crippen LogP contribution is 2.41. The standard InChI is InChI=1S/C22H25N3O3/c1-14-21(26)24(2)19-12-11-17(13-20(19)25(14)18-5-3-4-6-18)23-16-9-7-15(8-10-16)22(27)28/h7-14,18,23H,3-6H2,1-2H3,(H,27,28)/t14-/m1/s1. The lowest BCUT2D eigenvalue weighted by Crippen LogP contribution is -2.54. The number of fused-ring (bicyclic) bond motifs is 1. The van der Waals surface area contributed by atoms with E-state index in [0.29, 0.717) is 6.04 Å². The molecule has 1 amide bonds. The third kappa shape index (κ3) is 3.19. The molecular formula is C22H25N3O3. The van der Waals surface area contributed by atoms with E-state index in [4.69, 9.17) is 5.11 Å². The fourth-order valence-corrected chi connectivity index (χ4v) is 4.38. The van der Waals surface area contributed by atoms with Gasteiger partial charge in [-0.2, -0.15) is 0 Å². The molecule has 1 aliphatic heterocycles. The molecule has 2 aliphatic rings. The van der Waals surface area contributed by atoms with Gasteiger partial charge in [0.1, 0.15) is 6.04 Å². The largest absolute Gasteiger partial charge is 0.478 e. The fourth-order valence-electron chi connectivity index (χ4n) is 4.38. The summed E-state index contributed by atoms with van der Waals surface area (Å²) in [5.74, 6) is -0.807. The molecule has 1 saturated carbocycles. The van der Waals surface area contributed by atoms with E-state index in [1.807, 2.05) is 26.1 Å². The van der Waals surface area contributed by atoms with Crippen LogP contribution in [0.2, 0.25) is 0 Å². The van der Waals surface area contributed by atoms with Crippen LogP contribution in [-0.4, -0.2) is 36.1 Å². The van der Waals surface area contributed by atoms with Crippen LogP contribution in [0.5, 0.6) is 0 Å². The molecule has 0 unspecified atom stereocenters. The van der Waals surface area contributed by atoms with Gasteiger partial charge in [0.25, 0.3) is 0 Å². The molecule has 6 nitrogen and oxygen atoms in total. The Kier molecular flexibility index (Phi) is 4.71. The highest BCUT2D eigenvalue weighted by Gasteiger charge is 2.38. The van der Waals surface area contributed by atoms with Crippen molar-refractivity contribution in [2.45, 2.75) is 44.7 Å².